The number of rotatable bonds is 6. The molecule has 0 aromatic rings. The fourth-order valence-corrected chi connectivity index (χ4v) is 10.9. The maximum absolute atomic E-state index is 12.6. The summed E-state index contributed by atoms with van der Waals surface area (Å²) in [6.45, 7) is 5.28. The lowest BCUT2D eigenvalue weighted by molar-refractivity contribution is -0.119. The lowest BCUT2D eigenvalue weighted by Gasteiger charge is -2.08. The summed E-state index contributed by atoms with van der Waals surface area (Å²) in [7, 11) is 0. The van der Waals surface area contributed by atoms with Crippen LogP contribution in [-0.4, -0.2) is 36.4 Å². The number of carbonyl (C=O) groups excluding carboxylic acids is 2. The normalized spacial score (nSPS) is 19.9. The monoisotopic (exact) mass is 464 g/mol. The lowest BCUT2D eigenvalue weighted by atomic mass is 10.4. The molecule has 0 radical (unpaired) electrons. The minimum absolute atomic E-state index is 0.143. The Bertz CT molecular complexity index is 647. The van der Waals surface area contributed by atoms with Crippen LogP contribution in [0.2, 0.25) is 0 Å². The molecule has 0 bridgehead atoms. The van der Waals surface area contributed by atoms with E-state index in [1.165, 1.54) is 36.2 Å². The Balaban J connectivity index is 1.78. The van der Waals surface area contributed by atoms with Crippen molar-refractivity contribution in [1.82, 2.24) is 10.6 Å². The van der Waals surface area contributed by atoms with Crippen molar-refractivity contribution in [2.24, 2.45) is 0 Å². The maximum atomic E-state index is 12.6. The summed E-state index contributed by atoms with van der Waals surface area (Å²) in [6.07, 6.45) is 1.75. The van der Waals surface area contributed by atoms with Crippen LogP contribution in [0.25, 0.3) is 0 Å². The van der Waals surface area contributed by atoms with Gasteiger partial charge in [0.1, 0.15) is 0 Å². The fraction of sp³-hybridized carbons (Fsp3) is 0.500. The van der Waals surface area contributed by atoms with Gasteiger partial charge in [-0.3, -0.25) is 9.59 Å². The topological polar surface area (TPSA) is 58.2 Å². The third-order valence-electron chi connectivity index (χ3n) is 3.33. The maximum Gasteiger partial charge on any atom is 0.259 e. The number of hydrogen-bond acceptors (Lipinski definition) is 8. The molecule has 0 unspecified atom stereocenters. The average Bonchev–Trinajstić information content (AvgIpc) is 3.28. The minimum Gasteiger partial charge on any atom is -0.352 e. The van der Waals surface area contributed by atoms with Crippen LogP contribution in [0.15, 0.2) is 26.8 Å². The molecule has 2 amide bonds. The highest BCUT2D eigenvalue weighted by molar-refractivity contribution is 8.43. The SMILES string of the molecule is CCCNC(=O)C1=C(C(=O)NCCC)SC(=C2SC3=C(SCCS3)S2)S1. The summed E-state index contributed by atoms with van der Waals surface area (Å²) in [5.74, 6) is 2.01. The molecular formula is C16H20N2O2S6. The molecule has 142 valence electrons. The van der Waals surface area contributed by atoms with Gasteiger partial charge < -0.3 is 10.6 Å². The summed E-state index contributed by atoms with van der Waals surface area (Å²) in [5, 5.41) is 5.82. The first kappa shape index (κ1) is 21.0. The van der Waals surface area contributed by atoms with Gasteiger partial charge in [0, 0.05) is 24.6 Å². The second-order valence-electron chi connectivity index (χ2n) is 5.43. The van der Waals surface area contributed by atoms with E-state index in [9.17, 15) is 9.59 Å². The number of amides is 2. The van der Waals surface area contributed by atoms with Gasteiger partial charge in [0.15, 0.2) is 0 Å². The van der Waals surface area contributed by atoms with E-state index in [0.29, 0.717) is 22.9 Å². The highest BCUT2D eigenvalue weighted by Gasteiger charge is 2.35. The molecule has 10 heteroatoms. The smallest absolute Gasteiger partial charge is 0.259 e. The Morgan fingerprint density at radius 2 is 1.15 bits per heavy atom. The Hall–Kier alpha value is 0.260. The van der Waals surface area contributed by atoms with Crippen molar-refractivity contribution in [1.29, 1.82) is 0 Å². The van der Waals surface area contributed by atoms with Crippen LogP contribution in [0, 0.1) is 0 Å². The molecule has 2 N–H and O–H groups in total. The fourth-order valence-electron chi connectivity index (χ4n) is 2.12. The molecule has 0 aromatic carbocycles. The van der Waals surface area contributed by atoms with Gasteiger partial charge in [-0.15, -0.1) is 23.5 Å². The third-order valence-corrected chi connectivity index (χ3v) is 12.2. The van der Waals surface area contributed by atoms with Gasteiger partial charge in [0.25, 0.3) is 11.8 Å². The van der Waals surface area contributed by atoms with Crippen LogP contribution in [0.1, 0.15) is 26.7 Å². The Labute approximate surface area is 179 Å². The van der Waals surface area contributed by atoms with E-state index < -0.39 is 0 Å². The Kier molecular flexibility index (Phi) is 8.20. The average molecular weight is 465 g/mol. The van der Waals surface area contributed by atoms with E-state index in [-0.39, 0.29) is 11.8 Å². The van der Waals surface area contributed by atoms with Crippen LogP contribution in [-0.2, 0) is 9.59 Å². The number of hydrogen-bond donors (Lipinski definition) is 2. The molecule has 0 fully saturated rings. The summed E-state index contributed by atoms with van der Waals surface area (Å²) < 4.78 is 5.00. The molecule has 4 nitrogen and oxygen atoms in total. The number of nitrogens with one attached hydrogen (secondary N) is 2. The first-order valence-electron chi connectivity index (χ1n) is 8.40. The quantitative estimate of drug-likeness (QED) is 0.573. The Morgan fingerprint density at radius 1 is 0.731 bits per heavy atom. The second kappa shape index (κ2) is 10.2. The Morgan fingerprint density at radius 3 is 1.58 bits per heavy atom. The highest BCUT2D eigenvalue weighted by atomic mass is 32.3. The van der Waals surface area contributed by atoms with Gasteiger partial charge in [0.05, 0.1) is 26.8 Å². The van der Waals surface area contributed by atoms with E-state index >= 15 is 0 Å². The molecular weight excluding hydrogens is 445 g/mol. The zero-order valence-electron chi connectivity index (χ0n) is 14.5. The van der Waals surface area contributed by atoms with Crippen LogP contribution in [0.3, 0.4) is 0 Å². The second-order valence-corrected chi connectivity index (χ2v) is 12.8. The molecule has 0 saturated carbocycles. The van der Waals surface area contributed by atoms with Crippen molar-refractivity contribution in [2.75, 3.05) is 24.6 Å². The van der Waals surface area contributed by atoms with Gasteiger partial charge in [-0.2, -0.15) is 0 Å². The van der Waals surface area contributed by atoms with Crippen molar-refractivity contribution >= 4 is 82.4 Å². The van der Waals surface area contributed by atoms with Crippen LogP contribution < -0.4 is 10.6 Å². The highest BCUT2D eigenvalue weighted by Crippen LogP contribution is 2.64. The van der Waals surface area contributed by atoms with Gasteiger partial charge in [0.2, 0.25) is 0 Å². The van der Waals surface area contributed by atoms with Crippen molar-refractivity contribution in [2.45, 2.75) is 26.7 Å². The number of thioether (sulfide) groups is 6. The van der Waals surface area contributed by atoms with Crippen LogP contribution >= 0.6 is 70.6 Å². The standard InChI is InChI=1S/C16H20N2O2S6/c1-3-5-17-11(19)9-10(12(20)18-6-4-2)24-15(23-9)16-25-13-14(26-16)22-8-7-21-13/h3-8H2,1-2H3,(H,17,19)(H,18,20). The van der Waals surface area contributed by atoms with Gasteiger partial charge in [-0.25, -0.2) is 0 Å². The molecule has 3 aliphatic heterocycles. The van der Waals surface area contributed by atoms with Crippen molar-refractivity contribution < 1.29 is 9.59 Å². The molecule has 3 aliphatic rings. The molecule has 0 aromatic heterocycles. The van der Waals surface area contributed by atoms with Gasteiger partial charge >= 0.3 is 0 Å². The van der Waals surface area contributed by atoms with Crippen LogP contribution in [0.4, 0.5) is 0 Å². The van der Waals surface area contributed by atoms with E-state index in [2.05, 4.69) is 10.6 Å². The zero-order valence-corrected chi connectivity index (χ0v) is 19.4. The van der Waals surface area contributed by atoms with E-state index in [4.69, 9.17) is 0 Å². The minimum atomic E-state index is -0.143. The molecule has 26 heavy (non-hydrogen) atoms. The summed E-state index contributed by atoms with van der Waals surface area (Å²) in [4.78, 5) is 26.2. The molecule has 0 atom stereocenters. The van der Waals surface area contributed by atoms with Crippen LogP contribution in [0.5, 0.6) is 0 Å². The summed E-state index contributed by atoms with van der Waals surface area (Å²) in [6, 6.07) is 0. The van der Waals surface area contributed by atoms with Crippen molar-refractivity contribution in [3.05, 3.63) is 26.8 Å². The lowest BCUT2D eigenvalue weighted by Crippen LogP contribution is -2.29. The third kappa shape index (κ3) is 5.00. The largest absolute Gasteiger partial charge is 0.352 e. The predicted molar refractivity (Wildman–Crippen MR) is 123 cm³/mol. The number of carbonyl (C=O) groups is 2. The zero-order chi connectivity index (χ0) is 18.5. The summed E-state index contributed by atoms with van der Waals surface area (Å²) >= 11 is 10.3. The predicted octanol–water partition coefficient (Wildman–Crippen LogP) is 4.94. The first-order chi connectivity index (χ1) is 12.6. The first-order valence-corrected chi connectivity index (χ1v) is 13.6. The van der Waals surface area contributed by atoms with E-state index in [1.807, 2.05) is 37.4 Å². The van der Waals surface area contributed by atoms with Gasteiger partial charge in [-0.1, -0.05) is 60.9 Å². The van der Waals surface area contributed by atoms with Gasteiger partial charge in [-0.05, 0) is 12.8 Å². The van der Waals surface area contributed by atoms with Crippen molar-refractivity contribution in [3.8, 4) is 0 Å². The molecule has 0 spiro atoms. The van der Waals surface area contributed by atoms with E-state index in [1.54, 1.807) is 23.5 Å². The summed E-state index contributed by atoms with van der Waals surface area (Å²) in [5.41, 5.74) is 0. The van der Waals surface area contributed by atoms with Crippen molar-refractivity contribution in [3.63, 3.8) is 0 Å². The molecule has 0 aliphatic carbocycles. The molecule has 3 rings (SSSR count). The molecule has 0 saturated heterocycles. The molecule has 3 heterocycles. The van der Waals surface area contributed by atoms with E-state index in [0.717, 1.165) is 28.6 Å².